The van der Waals surface area contributed by atoms with E-state index in [-0.39, 0.29) is 11.7 Å². The van der Waals surface area contributed by atoms with Crippen molar-refractivity contribution < 1.29 is 18.7 Å². The van der Waals surface area contributed by atoms with Crippen molar-refractivity contribution in [3.8, 4) is 0 Å². The summed E-state index contributed by atoms with van der Waals surface area (Å²) >= 11 is 0. The summed E-state index contributed by atoms with van der Waals surface area (Å²) in [6.45, 7) is 0.390. The van der Waals surface area contributed by atoms with E-state index in [1.54, 1.807) is 29.1 Å². The summed E-state index contributed by atoms with van der Waals surface area (Å²) in [4.78, 5) is 23.7. The molecule has 1 aromatic heterocycles. The van der Waals surface area contributed by atoms with Gasteiger partial charge in [0, 0.05) is 17.8 Å². The Bertz CT molecular complexity index is 935. The van der Waals surface area contributed by atoms with Gasteiger partial charge in [0.05, 0.1) is 19.2 Å². The van der Waals surface area contributed by atoms with E-state index in [0.717, 1.165) is 5.56 Å². The minimum absolute atomic E-state index is 0.307. The van der Waals surface area contributed by atoms with Crippen LogP contribution < -0.4 is 5.32 Å². The largest absolute Gasteiger partial charge is 0.465 e. The topological polar surface area (TPSA) is 73.2 Å². The molecule has 0 saturated carbocycles. The third kappa shape index (κ3) is 4.13. The average molecular weight is 353 g/mol. The Morgan fingerprint density at radius 3 is 2.54 bits per heavy atom. The van der Waals surface area contributed by atoms with Gasteiger partial charge in [0.25, 0.3) is 5.91 Å². The molecule has 0 spiro atoms. The number of nitrogens with zero attached hydrogens (tertiary/aromatic N) is 2. The van der Waals surface area contributed by atoms with E-state index in [9.17, 15) is 14.0 Å². The first-order valence-electron chi connectivity index (χ1n) is 7.83. The number of carbonyl (C=O) groups excluding carboxylic acids is 2. The van der Waals surface area contributed by atoms with Gasteiger partial charge >= 0.3 is 5.97 Å². The minimum atomic E-state index is -0.465. The Hall–Kier alpha value is -3.48. The van der Waals surface area contributed by atoms with Crippen LogP contribution in [0.15, 0.2) is 60.8 Å². The van der Waals surface area contributed by atoms with Crippen molar-refractivity contribution in [1.82, 2.24) is 9.78 Å². The summed E-state index contributed by atoms with van der Waals surface area (Å²) < 4.78 is 19.4. The predicted molar refractivity (Wildman–Crippen MR) is 93.5 cm³/mol. The van der Waals surface area contributed by atoms with Gasteiger partial charge in [0.1, 0.15) is 5.82 Å². The highest BCUT2D eigenvalue weighted by atomic mass is 19.1. The lowest BCUT2D eigenvalue weighted by Crippen LogP contribution is -2.13. The van der Waals surface area contributed by atoms with E-state index in [1.165, 1.54) is 43.5 Å². The molecule has 0 aliphatic rings. The molecule has 2 aromatic carbocycles. The number of esters is 1. The van der Waals surface area contributed by atoms with Crippen LogP contribution in [0.4, 0.5) is 10.2 Å². The highest BCUT2D eigenvalue weighted by molar-refractivity contribution is 6.04. The molecule has 3 rings (SSSR count). The maximum absolute atomic E-state index is 13.2. The Morgan fingerprint density at radius 2 is 1.85 bits per heavy atom. The Morgan fingerprint density at radius 1 is 1.12 bits per heavy atom. The fourth-order valence-corrected chi connectivity index (χ4v) is 2.40. The van der Waals surface area contributed by atoms with Crippen molar-refractivity contribution in [3.63, 3.8) is 0 Å². The molecule has 0 fully saturated rings. The molecule has 0 atom stereocenters. The summed E-state index contributed by atoms with van der Waals surface area (Å²) in [6.07, 6.45) is 1.70. The number of methoxy groups -OCH3 is 1. The highest BCUT2D eigenvalue weighted by Gasteiger charge is 2.10. The van der Waals surface area contributed by atoms with Gasteiger partial charge in [-0.15, -0.1) is 0 Å². The van der Waals surface area contributed by atoms with E-state index in [4.69, 9.17) is 0 Å². The minimum Gasteiger partial charge on any atom is -0.465 e. The Balaban J connectivity index is 1.65. The molecule has 6 nitrogen and oxygen atoms in total. The van der Waals surface area contributed by atoms with Crippen LogP contribution in [0, 0.1) is 5.82 Å². The zero-order valence-corrected chi connectivity index (χ0v) is 14.0. The first kappa shape index (κ1) is 17.3. The molecular formula is C19H16FN3O3. The first-order valence-corrected chi connectivity index (χ1v) is 7.83. The second-order valence-electron chi connectivity index (χ2n) is 5.55. The lowest BCUT2D eigenvalue weighted by molar-refractivity contribution is 0.0600. The van der Waals surface area contributed by atoms with E-state index < -0.39 is 5.97 Å². The molecule has 0 aliphatic carbocycles. The molecule has 3 aromatic rings. The smallest absolute Gasteiger partial charge is 0.337 e. The highest BCUT2D eigenvalue weighted by Crippen LogP contribution is 2.11. The summed E-state index contributed by atoms with van der Waals surface area (Å²) in [5.74, 6) is -0.743. The van der Waals surface area contributed by atoms with Crippen LogP contribution in [-0.2, 0) is 11.3 Å². The number of benzene rings is 2. The number of aromatic nitrogens is 2. The van der Waals surface area contributed by atoms with E-state index in [1.807, 2.05) is 0 Å². The molecule has 1 amide bonds. The molecular weight excluding hydrogens is 337 g/mol. The van der Waals surface area contributed by atoms with E-state index in [2.05, 4.69) is 15.2 Å². The fourth-order valence-electron chi connectivity index (χ4n) is 2.40. The maximum atomic E-state index is 13.2. The van der Waals surface area contributed by atoms with Crippen LogP contribution in [0.5, 0.6) is 0 Å². The predicted octanol–water partition coefficient (Wildman–Crippen LogP) is 3.11. The fraction of sp³-hybridized carbons (Fsp3) is 0.105. The molecule has 0 radical (unpaired) electrons. The second-order valence-corrected chi connectivity index (χ2v) is 5.55. The summed E-state index contributed by atoms with van der Waals surface area (Å²) in [5, 5.41) is 6.93. The zero-order valence-electron chi connectivity index (χ0n) is 14.0. The lowest BCUT2D eigenvalue weighted by atomic mass is 10.1. The molecule has 1 heterocycles. The summed E-state index contributed by atoms with van der Waals surface area (Å²) in [7, 11) is 1.29. The van der Waals surface area contributed by atoms with E-state index in [0.29, 0.717) is 23.5 Å². The third-order valence-electron chi connectivity index (χ3n) is 3.68. The summed E-state index contributed by atoms with van der Waals surface area (Å²) in [5.41, 5.74) is 1.52. The lowest BCUT2D eigenvalue weighted by Gasteiger charge is -2.04. The Labute approximate surface area is 149 Å². The zero-order chi connectivity index (χ0) is 18.5. The van der Waals surface area contributed by atoms with Crippen LogP contribution in [0.1, 0.15) is 26.3 Å². The molecule has 0 saturated heterocycles. The monoisotopic (exact) mass is 353 g/mol. The number of carbonyl (C=O) groups is 2. The van der Waals surface area contributed by atoms with Crippen molar-refractivity contribution in [2.45, 2.75) is 6.54 Å². The number of anilines is 1. The quantitative estimate of drug-likeness (QED) is 0.716. The number of hydrogen-bond acceptors (Lipinski definition) is 4. The van der Waals surface area contributed by atoms with Gasteiger partial charge < -0.3 is 10.1 Å². The molecule has 132 valence electrons. The van der Waals surface area contributed by atoms with Crippen molar-refractivity contribution in [3.05, 3.63) is 83.3 Å². The van der Waals surface area contributed by atoms with Crippen molar-refractivity contribution in [1.29, 1.82) is 0 Å². The number of nitrogens with one attached hydrogen (secondary N) is 1. The van der Waals surface area contributed by atoms with Gasteiger partial charge in [-0.1, -0.05) is 12.1 Å². The average Bonchev–Trinajstić information content (AvgIpc) is 3.08. The van der Waals surface area contributed by atoms with Crippen LogP contribution in [0.2, 0.25) is 0 Å². The Kier molecular flexibility index (Phi) is 5.07. The molecule has 0 unspecified atom stereocenters. The first-order chi connectivity index (χ1) is 12.5. The molecule has 0 aliphatic heterocycles. The number of hydrogen-bond donors (Lipinski definition) is 1. The van der Waals surface area contributed by atoms with Crippen LogP contribution in [0.25, 0.3) is 0 Å². The standard InChI is InChI=1S/C19H16FN3O3/c1-26-19(25)15-7-5-14(6-8-15)18(24)21-17-9-10-23(22-17)12-13-3-2-4-16(20)11-13/h2-11H,12H2,1H3,(H,21,22,24). The van der Waals surface area contributed by atoms with Crippen molar-refractivity contribution in [2.24, 2.45) is 0 Å². The normalized spacial score (nSPS) is 10.4. The van der Waals surface area contributed by atoms with E-state index >= 15 is 0 Å². The molecule has 26 heavy (non-hydrogen) atoms. The molecule has 0 bridgehead atoms. The molecule has 7 heteroatoms. The van der Waals surface area contributed by atoms with Crippen LogP contribution in [0.3, 0.4) is 0 Å². The van der Waals surface area contributed by atoms with Crippen LogP contribution in [-0.4, -0.2) is 28.8 Å². The van der Waals surface area contributed by atoms with Gasteiger partial charge in [0.15, 0.2) is 5.82 Å². The number of amides is 1. The summed E-state index contributed by atoms with van der Waals surface area (Å²) in [6, 6.07) is 14.0. The number of rotatable bonds is 5. The molecule has 1 N–H and O–H groups in total. The van der Waals surface area contributed by atoms with Gasteiger partial charge in [-0.05, 0) is 42.0 Å². The van der Waals surface area contributed by atoms with Gasteiger partial charge in [-0.2, -0.15) is 5.10 Å². The third-order valence-corrected chi connectivity index (χ3v) is 3.68. The van der Waals surface area contributed by atoms with Crippen molar-refractivity contribution in [2.75, 3.05) is 12.4 Å². The number of halogens is 1. The maximum Gasteiger partial charge on any atom is 0.337 e. The SMILES string of the molecule is COC(=O)c1ccc(C(=O)Nc2ccn(Cc3cccc(F)c3)n2)cc1. The van der Waals surface area contributed by atoms with Gasteiger partial charge in [-0.25, -0.2) is 9.18 Å². The second kappa shape index (κ2) is 7.60. The van der Waals surface area contributed by atoms with Crippen LogP contribution >= 0.6 is 0 Å². The van der Waals surface area contributed by atoms with Gasteiger partial charge in [-0.3, -0.25) is 9.48 Å². The van der Waals surface area contributed by atoms with Crippen molar-refractivity contribution >= 4 is 17.7 Å². The number of ether oxygens (including phenoxy) is 1. The van der Waals surface area contributed by atoms with Gasteiger partial charge in [0.2, 0.25) is 0 Å².